The van der Waals surface area contributed by atoms with E-state index in [2.05, 4.69) is 4.98 Å². The number of hydrogen-bond donors (Lipinski definition) is 0. The average molecular weight is 395 g/mol. The highest BCUT2D eigenvalue weighted by molar-refractivity contribution is 7.19. The fourth-order valence-electron chi connectivity index (χ4n) is 3.32. The zero-order valence-corrected chi connectivity index (χ0v) is 15.5. The molecule has 0 bridgehead atoms. The van der Waals surface area contributed by atoms with Gasteiger partial charge in [0.15, 0.2) is 22.0 Å². The number of fused-ring (bicyclic) bond motifs is 2. The van der Waals surface area contributed by atoms with Gasteiger partial charge >= 0.3 is 0 Å². The number of thiophene rings is 1. The highest BCUT2D eigenvalue weighted by atomic mass is 32.1. The second-order valence-electron chi connectivity index (χ2n) is 6.22. The summed E-state index contributed by atoms with van der Waals surface area (Å²) < 4.78 is 11.0. The molecule has 0 aliphatic heterocycles. The number of benzene rings is 1. The summed E-state index contributed by atoms with van der Waals surface area (Å²) in [6.45, 7) is 0. The molecule has 3 aromatic heterocycles. The molecule has 0 saturated heterocycles. The molecule has 5 rings (SSSR count). The Morgan fingerprint density at radius 1 is 1.10 bits per heavy atom. The third kappa shape index (κ3) is 2.61. The first-order valence-electron chi connectivity index (χ1n) is 8.54. The van der Waals surface area contributed by atoms with Gasteiger partial charge in [0.25, 0.3) is 5.89 Å². The van der Waals surface area contributed by atoms with Gasteiger partial charge in [-0.15, -0.1) is 11.3 Å². The second-order valence-corrected chi connectivity index (χ2v) is 7.28. The first-order valence-corrected chi connectivity index (χ1v) is 9.36. The van der Waals surface area contributed by atoms with Crippen molar-refractivity contribution in [2.45, 2.75) is 0 Å². The summed E-state index contributed by atoms with van der Waals surface area (Å²) in [6, 6.07) is 16.1. The van der Waals surface area contributed by atoms with Crippen LogP contribution in [0.25, 0.3) is 33.7 Å². The standard InChI is InChI=1S/C22H9N3O3S/c23-10-12(11-24)19-14-4-1-2-5-15(14)20(26)16(19)8-13-9-18-22(29-13)25-21(28-18)17-6-3-7-27-17/h1-9H/b16-8-. The second kappa shape index (κ2) is 6.45. The number of nitriles is 2. The molecule has 3 heterocycles. The van der Waals surface area contributed by atoms with E-state index in [0.717, 1.165) is 4.88 Å². The van der Waals surface area contributed by atoms with Crippen molar-refractivity contribution in [3.05, 3.63) is 75.9 Å². The third-order valence-electron chi connectivity index (χ3n) is 4.56. The van der Waals surface area contributed by atoms with Gasteiger partial charge in [-0.3, -0.25) is 4.79 Å². The Labute approximate surface area is 168 Å². The number of rotatable bonds is 2. The summed E-state index contributed by atoms with van der Waals surface area (Å²) >= 11 is 1.35. The van der Waals surface area contributed by atoms with Crippen molar-refractivity contribution in [2.24, 2.45) is 0 Å². The normalized spacial score (nSPS) is 14.2. The van der Waals surface area contributed by atoms with Crippen molar-refractivity contribution in [2.75, 3.05) is 0 Å². The molecule has 0 atom stereocenters. The van der Waals surface area contributed by atoms with Crippen LogP contribution in [-0.2, 0) is 0 Å². The summed E-state index contributed by atoms with van der Waals surface area (Å²) in [7, 11) is 0. The Kier molecular flexibility index (Phi) is 3.77. The van der Waals surface area contributed by atoms with Crippen LogP contribution in [0.1, 0.15) is 20.8 Å². The molecule has 1 aliphatic rings. The van der Waals surface area contributed by atoms with Crippen LogP contribution in [0.3, 0.4) is 0 Å². The number of hydrogen-bond acceptors (Lipinski definition) is 7. The lowest BCUT2D eigenvalue weighted by Gasteiger charge is -2.00. The highest BCUT2D eigenvalue weighted by Crippen LogP contribution is 2.41. The van der Waals surface area contributed by atoms with Gasteiger partial charge < -0.3 is 8.83 Å². The van der Waals surface area contributed by atoms with Crippen LogP contribution in [0.5, 0.6) is 0 Å². The number of oxazole rings is 1. The van der Waals surface area contributed by atoms with E-state index >= 15 is 0 Å². The molecule has 6 nitrogen and oxygen atoms in total. The molecule has 0 N–H and O–H groups in total. The van der Waals surface area contributed by atoms with Crippen LogP contribution >= 0.6 is 11.3 Å². The van der Waals surface area contributed by atoms with E-state index in [-0.39, 0.29) is 11.4 Å². The molecule has 1 aliphatic carbocycles. The lowest BCUT2D eigenvalue weighted by atomic mass is 9.99. The fraction of sp³-hybridized carbons (Fsp3) is 0. The first kappa shape index (κ1) is 16.9. The number of aromatic nitrogens is 1. The third-order valence-corrected chi connectivity index (χ3v) is 5.51. The lowest BCUT2D eigenvalue weighted by Crippen LogP contribution is -1.95. The molecule has 0 fully saturated rings. The van der Waals surface area contributed by atoms with Crippen molar-refractivity contribution in [3.63, 3.8) is 0 Å². The van der Waals surface area contributed by atoms with Crippen LogP contribution in [0.2, 0.25) is 0 Å². The Hall–Kier alpha value is -4.20. The maximum atomic E-state index is 12.9. The van der Waals surface area contributed by atoms with Crippen LogP contribution in [0.4, 0.5) is 0 Å². The molecule has 0 spiro atoms. The largest absolute Gasteiger partial charge is 0.459 e. The van der Waals surface area contributed by atoms with Crippen molar-refractivity contribution < 1.29 is 13.6 Å². The summed E-state index contributed by atoms with van der Waals surface area (Å²) in [5.41, 5.74) is 2.25. The SMILES string of the molecule is N#CC(C#N)=C1/C(=C/c2cc3oc(-c4ccco4)nc3s2)C(=O)c2ccccc21. The van der Waals surface area contributed by atoms with Gasteiger partial charge in [-0.2, -0.15) is 15.5 Å². The minimum Gasteiger partial charge on any atom is -0.459 e. The zero-order chi connectivity index (χ0) is 20.0. The number of carbonyl (C=O) groups is 1. The van der Waals surface area contributed by atoms with Crippen LogP contribution in [0.15, 0.2) is 68.7 Å². The molecule has 4 aromatic rings. The van der Waals surface area contributed by atoms with Gasteiger partial charge in [0.1, 0.15) is 17.7 Å². The Bertz CT molecular complexity index is 1390. The Morgan fingerprint density at radius 3 is 2.59 bits per heavy atom. The molecular formula is C22H9N3O3S. The molecule has 136 valence electrons. The van der Waals surface area contributed by atoms with Crippen LogP contribution in [-0.4, -0.2) is 10.8 Å². The first-order chi connectivity index (χ1) is 14.2. The summed E-state index contributed by atoms with van der Waals surface area (Å²) in [4.78, 5) is 18.8. The van der Waals surface area contributed by atoms with Crippen molar-refractivity contribution in [1.29, 1.82) is 10.5 Å². The molecule has 0 saturated carbocycles. The van der Waals surface area contributed by atoms with E-state index in [1.54, 1.807) is 54.8 Å². The molecule has 29 heavy (non-hydrogen) atoms. The highest BCUT2D eigenvalue weighted by Gasteiger charge is 2.32. The number of nitrogens with zero attached hydrogens (tertiary/aromatic N) is 3. The van der Waals surface area contributed by atoms with Gasteiger partial charge in [0, 0.05) is 27.7 Å². The van der Waals surface area contributed by atoms with Crippen molar-refractivity contribution >= 4 is 39.2 Å². The molecule has 0 unspecified atom stereocenters. The summed E-state index contributed by atoms with van der Waals surface area (Å²) in [5, 5.41) is 18.8. The smallest absolute Gasteiger partial charge is 0.264 e. The van der Waals surface area contributed by atoms with E-state index in [4.69, 9.17) is 8.83 Å². The predicted octanol–water partition coefficient (Wildman–Crippen LogP) is 5.23. The molecule has 7 heteroatoms. The van der Waals surface area contributed by atoms with Gasteiger partial charge in [0.05, 0.1) is 6.26 Å². The number of ketones is 1. The lowest BCUT2D eigenvalue weighted by molar-refractivity contribution is 0.104. The number of allylic oxidation sites excluding steroid dienone is 3. The maximum absolute atomic E-state index is 12.9. The Balaban J connectivity index is 1.63. The quantitative estimate of drug-likeness (QED) is 0.340. The molecular weight excluding hydrogens is 386 g/mol. The molecule has 0 radical (unpaired) electrons. The van der Waals surface area contributed by atoms with E-state index in [1.807, 2.05) is 12.1 Å². The van der Waals surface area contributed by atoms with E-state index in [9.17, 15) is 15.3 Å². The molecule has 1 aromatic carbocycles. The van der Waals surface area contributed by atoms with Crippen LogP contribution in [0, 0.1) is 22.7 Å². The predicted molar refractivity (Wildman–Crippen MR) is 106 cm³/mol. The van der Waals surface area contributed by atoms with Crippen LogP contribution < -0.4 is 0 Å². The van der Waals surface area contributed by atoms with E-state index < -0.39 is 0 Å². The minimum absolute atomic E-state index is 0.0898. The molecule has 0 amide bonds. The van der Waals surface area contributed by atoms with E-state index in [1.165, 1.54) is 11.3 Å². The Morgan fingerprint density at radius 2 is 1.90 bits per heavy atom. The van der Waals surface area contributed by atoms with Gasteiger partial charge in [0.2, 0.25) is 0 Å². The maximum Gasteiger partial charge on any atom is 0.264 e. The monoisotopic (exact) mass is 395 g/mol. The van der Waals surface area contributed by atoms with Gasteiger partial charge in [-0.05, 0) is 23.8 Å². The van der Waals surface area contributed by atoms with Gasteiger partial charge in [-0.1, -0.05) is 24.3 Å². The fourth-order valence-corrected chi connectivity index (χ4v) is 4.21. The van der Waals surface area contributed by atoms with Crippen molar-refractivity contribution in [1.82, 2.24) is 4.98 Å². The summed E-state index contributed by atoms with van der Waals surface area (Å²) in [6.07, 6.45) is 3.23. The van der Waals surface area contributed by atoms with Crippen molar-refractivity contribution in [3.8, 4) is 23.8 Å². The van der Waals surface area contributed by atoms with E-state index in [0.29, 0.717) is 44.3 Å². The minimum atomic E-state index is -0.215. The number of carbonyl (C=O) groups excluding carboxylic acids is 1. The number of furan rings is 1. The zero-order valence-electron chi connectivity index (χ0n) is 14.7. The number of Topliss-reactive ketones (excluding diaryl/α,β-unsaturated/α-hetero) is 1. The summed E-state index contributed by atoms with van der Waals surface area (Å²) in [5.74, 6) is 0.706. The average Bonchev–Trinajstić information content (AvgIpc) is 3.49. The topological polar surface area (TPSA) is 104 Å². The van der Waals surface area contributed by atoms with Gasteiger partial charge in [-0.25, -0.2) is 0 Å².